The number of nitrogen functional groups attached to an aromatic ring is 1. The number of piperidine rings is 1. The predicted molar refractivity (Wildman–Crippen MR) is 177 cm³/mol. The van der Waals surface area contributed by atoms with Crippen molar-refractivity contribution in [2.75, 3.05) is 23.7 Å². The number of allylic oxidation sites excluding steroid dienone is 2. The van der Waals surface area contributed by atoms with E-state index < -0.39 is 12.0 Å². The van der Waals surface area contributed by atoms with Gasteiger partial charge in [-0.3, -0.25) is 9.78 Å². The van der Waals surface area contributed by atoms with E-state index in [-0.39, 0.29) is 36.7 Å². The van der Waals surface area contributed by atoms with Crippen LogP contribution in [0.3, 0.4) is 0 Å². The van der Waals surface area contributed by atoms with Gasteiger partial charge < -0.3 is 21.5 Å². The number of nitrogens with two attached hydrogens (primary N) is 2. The van der Waals surface area contributed by atoms with Crippen LogP contribution in [0, 0.1) is 5.92 Å². The lowest BCUT2D eigenvalue weighted by Gasteiger charge is -2.31. The van der Waals surface area contributed by atoms with Crippen molar-refractivity contribution in [2.45, 2.75) is 57.4 Å². The van der Waals surface area contributed by atoms with E-state index in [2.05, 4.69) is 39.1 Å². The molecule has 1 saturated heterocycles. The molecule has 8 nitrogen and oxygen atoms in total. The number of carbonyl (C=O) groups is 1. The van der Waals surface area contributed by atoms with Gasteiger partial charge in [0, 0.05) is 35.9 Å². The monoisotopic (exact) mass is 642 g/mol. The lowest BCUT2D eigenvalue weighted by molar-refractivity contribution is -0.139. The summed E-state index contributed by atoms with van der Waals surface area (Å²) in [6.07, 6.45) is 10.7. The van der Waals surface area contributed by atoms with Gasteiger partial charge in [-0.25, -0.2) is 4.98 Å². The molecule has 1 aromatic carbocycles. The van der Waals surface area contributed by atoms with Crippen molar-refractivity contribution < 1.29 is 9.90 Å². The second-order valence-corrected chi connectivity index (χ2v) is 11.7. The predicted octanol–water partition coefficient (Wildman–Crippen LogP) is 6.14. The van der Waals surface area contributed by atoms with Crippen molar-refractivity contribution in [3.05, 3.63) is 87.3 Å². The zero-order valence-corrected chi connectivity index (χ0v) is 26.2. The van der Waals surface area contributed by atoms with E-state index in [1.54, 1.807) is 0 Å². The van der Waals surface area contributed by atoms with Crippen LogP contribution >= 0.6 is 36.4 Å². The number of carboxylic acids is 1. The molecule has 2 aromatic heterocycles. The summed E-state index contributed by atoms with van der Waals surface area (Å²) in [4.78, 5) is 27.4. The molecule has 3 aliphatic rings. The smallest absolute Gasteiger partial charge is 0.320 e. The highest BCUT2D eigenvalue weighted by atomic mass is 35.5. The van der Waals surface area contributed by atoms with E-state index in [1.165, 1.54) is 27.8 Å². The summed E-state index contributed by atoms with van der Waals surface area (Å²) in [5, 5.41) is 9.91. The van der Waals surface area contributed by atoms with E-state index >= 15 is 0 Å². The molecule has 0 saturated carbocycles. The first-order valence-corrected chi connectivity index (χ1v) is 14.8. The number of carboxylic acid groups (broad SMARTS) is 1. The van der Waals surface area contributed by atoms with Gasteiger partial charge >= 0.3 is 5.97 Å². The average Bonchev–Trinajstić information content (AvgIpc) is 3.14. The highest BCUT2D eigenvalue weighted by Gasteiger charge is 2.27. The number of aromatic nitrogens is 3. The highest BCUT2D eigenvalue weighted by Crippen LogP contribution is 2.39. The number of aryl methyl sites for hydroxylation is 2. The largest absolute Gasteiger partial charge is 0.480 e. The Morgan fingerprint density at radius 1 is 1.05 bits per heavy atom. The lowest BCUT2D eigenvalue weighted by Crippen LogP contribution is -2.32. The molecule has 0 bridgehead atoms. The molecule has 2 atom stereocenters. The first-order valence-electron chi connectivity index (χ1n) is 14.4. The molecule has 1 unspecified atom stereocenters. The zero-order valence-electron chi connectivity index (χ0n) is 23.8. The van der Waals surface area contributed by atoms with Crippen molar-refractivity contribution in [1.82, 2.24) is 15.0 Å². The Labute approximate surface area is 269 Å². The Balaban J connectivity index is 0.00000212. The Morgan fingerprint density at radius 2 is 1.81 bits per heavy atom. The minimum atomic E-state index is -0.943. The van der Waals surface area contributed by atoms with Crippen LogP contribution in [0.25, 0.3) is 11.1 Å². The quantitative estimate of drug-likeness (QED) is 0.302. The fourth-order valence-corrected chi connectivity index (χ4v) is 6.66. The number of benzene rings is 1. The van der Waals surface area contributed by atoms with Crippen LogP contribution < -0.4 is 16.4 Å². The number of hydrogen-bond donors (Lipinski definition) is 3. The van der Waals surface area contributed by atoms with Gasteiger partial charge in [0.2, 0.25) is 5.95 Å². The summed E-state index contributed by atoms with van der Waals surface area (Å²) < 4.78 is 0. The third-order valence-electron chi connectivity index (χ3n) is 8.66. The maximum Gasteiger partial charge on any atom is 0.320 e. The van der Waals surface area contributed by atoms with Crippen LogP contribution in [-0.2, 0) is 17.6 Å². The van der Waals surface area contributed by atoms with Crippen molar-refractivity contribution >= 4 is 65.3 Å². The van der Waals surface area contributed by atoms with E-state index in [4.69, 9.17) is 33.2 Å². The molecule has 0 amide bonds. The van der Waals surface area contributed by atoms with Gasteiger partial charge in [-0.05, 0) is 97.7 Å². The Bertz CT molecular complexity index is 1550. The molecule has 3 heterocycles. The van der Waals surface area contributed by atoms with Gasteiger partial charge in [0.25, 0.3) is 0 Å². The van der Waals surface area contributed by atoms with E-state index in [1.807, 2.05) is 24.4 Å². The SMILES string of the molecule is Cl.Cl.Nc1nc(C2=CCC(C[C@H](N)C(=O)O)CC2)cc(N2CCC(=C3c4ccc(Cl)cc4CCc4cccnc43)CC2)n1. The van der Waals surface area contributed by atoms with Crippen LogP contribution in [0.1, 0.15) is 66.6 Å². The molecule has 0 spiro atoms. The number of nitrogens with zero attached hydrogens (tertiary/aromatic N) is 4. The van der Waals surface area contributed by atoms with Crippen molar-refractivity contribution in [2.24, 2.45) is 11.7 Å². The molecule has 6 rings (SSSR count). The molecule has 1 aliphatic heterocycles. The summed E-state index contributed by atoms with van der Waals surface area (Å²) in [6, 6.07) is 11.7. The number of anilines is 2. The molecular weight excluding hydrogens is 607 g/mol. The number of hydrogen-bond acceptors (Lipinski definition) is 7. The minimum absolute atomic E-state index is 0. The molecule has 5 N–H and O–H groups in total. The van der Waals surface area contributed by atoms with Crippen LogP contribution in [0.15, 0.2) is 54.2 Å². The first-order chi connectivity index (χ1) is 19.9. The van der Waals surface area contributed by atoms with Crippen LogP contribution in [0.2, 0.25) is 5.02 Å². The maximum atomic E-state index is 11.1. The second-order valence-electron chi connectivity index (χ2n) is 11.3. The van der Waals surface area contributed by atoms with Gasteiger partial charge in [-0.15, -0.1) is 24.8 Å². The van der Waals surface area contributed by atoms with Crippen LogP contribution in [0.4, 0.5) is 11.8 Å². The van der Waals surface area contributed by atoms with Crippen molar-refractivity contribution in [3.8, 4) is 0 Å². The summed E-state index contributed by atoms with van der Waals surface area (Å²) in [5.74, 6) is 0.438. The Kier molecular flexibility index (Phi) is 10.7. The van der Waals surface area contributed by atoms with Gasteiger partial charge in [-0.2, -0.15) is 4.98 Å². The molecular formula is C32H37Cl3N6O2. The number of pyridine rings is 1. The maximum absolute atomic E-state index is 11.1. The normalized spacial score (nSPS) is 18.7. The van der Waals surface area contributed by atoms with Crippen molar-refractivity contribution in [3.63, 3.8) is 0 Å². The standard InChI is InChI=1S/C32H35ClN6O2.2ClH/c33-24-9-10-25-23(17-24)8-7-22-2-1-13-36-30(22)29(25)21-11-14-39(15-12-21)28-18-27(37-32(35)38-28)20-5-3-19(4-6-20)16-26(34)31(40)41;;/h1-2,5,9-10,13,17-19,26H,3-4,6-8,11-12,14-16,34H2,(H,40,41)(H2,35,37,38);2*1H/t19?,26-;;/m0../s1. The fraction of sp³-hybridized carbons (Fsp3) is 0.375. The Hall–Kier alpha value is -3.17. The lowest BCUT2D eigenvalue weighted by atomic mass is 9.84. The summed E-state index contributed by atoms with van der Waals surface area (Å²) >= 11 is 6.39. The Morgan fingerprint density at radius 3 is 2.53 bits per heavy atom. The summed E-state index contributed by atoms with van der Waals surface area (Å²) in [5.41, 5.74) is 21.5. The van der Waals surface area contributed by atoms with Gasteiger partial charge in [0.15, 0.2) is 0 Å². The fourth-order valence-electron chi connectivity index (χ4n) is 6.46. The summed E-state index contributed by atoms with van der Waals surface area (Å²) in [6.45, 7) is 1.65. The van der Waals surface area contributed by atoms with Gasteiger partial charge in [0.05, 0.1) is 11.4 Å². The summed E-state index contributed by atoms with van der Waals surface area (Å²) in [7, 11) is 0. The molecule has 3 aromatic rings. The van der Waals surface area contributed by atoms with E-state index in [0.717, 1.165) is 85.8 Å². The molecule has 0 radical (unpaired) electrons. The van der Waals surface area contributed by atoms with Gasteiger partial charge in [-0.1, -0.05) is 35.4 Å². The topological polar surface area (TPSA) is 131 Å². The zero-order chi connectivity index (χ0) is 28.5. The number of rotatable bonds is 5. The number of aliphatic carboxylic acids is 1. The molecule has 2 aliphatic carbocycles. The van der Waals surface area contributed by atoms with E-state index in [0.29, 0.717) is 6.42 Å². The third kappa shape index (κ3) is 7.15. The number of halogens is 3. The number of fused-ring (bicyclic) bond motifs is 2. The third-order valence-corrected chi connectivity index (χ3v) is 8.89. The molecule has 1 fully saturated rings. The average molecular weight is 644 g/mol. The molecule has 43 heavy (non-hydrogen) atoms. The molecule has 228 valence electrons. The van der Waals surface area contributed by atoms with Gasteiger partial charge in [0.1, 0.15) is 11.9 Å². The van der Waals surface area contributed by atoms with Crippen LogP contribution in [0.5, 0.6) is 0 Å². The first kappa shape index (κ1) is 32.7. The molecule has 11 heteroatoms. The van der Waals surface area contributed by atoms with Crippen molar-refractivity contribution in [1.29, 1.82) is 0 Å². The van der Waals surface area contributed by atoms with E-state index in [9.17, 15) is 4.79 Å². The second kappa shape index (κ2) is 14.1. The minimum Gasteiger partial charge on any atom is -0.480 e. The van der Waals surface area contributed by atoms with Crippen LogP contribution in [-0.4, -0.2) is 45.2 Å². The highest BCUT2D eigenvalue weighted by molar-refractivity contribution is 6.30.